The number of nitrogens with one attached hydrogen (secondary N) is 1. The number of carbonyl (C=O) groups is 1. The first kappa shape index (κ1) is 22.4. The second kappa shape index (κ2) is 11.0. The number of amides is 1. The van der Waals surface area contributed by atoms with E-state index in [-0.39, 0.29) is 36.5 Å². The lowest BCUT2D eigenvalue weighted by atomic mass is 10.0. The number of hydrogen-bond acceptors (Lipinski definition) is 4. The van der Waals surface area contributed by atoms with Crippen molar-refractivity contribution in [3.05, 3.63) is 23.8 Å². The van der Waals surface area contributed by atoms with Crippen LogP contribution in [0.5, 0.6) is 11.5 Å². The first-order valence-corrected chi connectivity index (χ1v) is 7.59. The summed E-state index contributed by atoms with van der Waals surface area (Å²) in [6.45, 7) is 3.18. The fourth-order valence-electron chi connectivity index (χ4n) is 1.80. The van der Waals surface area contributed by atoms with Gasteiger partial charge in [0.15, 0.2) is 0 Å². The van der Waals surface area contributed by atoms with Crippen molar-refractivity contribution in [2.75, 3.05) is 6.61 Å². The third-order valence-corrected chi connectivity index (χ3v) is 3.20. The molecule has 0 fully saturated rings. The van der Waals surface area contributed by atoms with E-state index in [0.29, 0.717) is 17.9 Å². The van der Waals surface area contributed by atoms with Crippen LogP contribution in [0.3, 0.4) is 0 Å². The predicted octanol–water partition coefficient (Wildman–Crippen LogP) is 3.10. The van der Waals surface area contributed by atoms with E-state index in [4.69, 9.17) is 10.5 Å². The van der Waals surface area contributed by atoms with E-state index >= 15 is 0 Å². The molecule has 3 N–H and O–H groups in total. The van der Waals surface area contributed by atoms with Crippen molar-refractivity contribution in [3.63, 3.8) is 0 Å². The van der Waals surface area contributed by atoms with E-state index in [0.717, 1.165) is 6.42 Å². The predicted molar refractivity (Wildman–Crippen MR) is 90.8 cm³/mol. The molecule has 8 heteroatoms. The van der Waals surface area contributed by atoms with Gasteiger partial charge in [-0.1, -0.05) is 20.8 Å². The van der Waals surface area contributed by atoms with Crippen molar-refractivity contribution in [1.82, 2.24) is 5.32 Å². The highest BCUT2D eigenvalue weighted by atomic mass is 35.5. The van der Waals surface area contributed by atoms with Crippen molar-refractivity contribution in [1.29, 1.82) is 0 Å². The minimum atomic E-state index is -2.95. The molecule has 0 radical (unpaired) electrons. The van der Waals surface area contributed by atoms with Gasteiger partial charge in [-0.15, -0.1) is 12.4 Å². The summed E-state index contributed by atoms with van der Waals surface area (Å²) in [5.41, 5.74) is 6.17. The van der Waals surface area contributed by atoms with Crippen LogP contribution in [0.15, 0.2) is 18.2 Å². The van der Waals surface area contributed by atoms with Crippen LogP contribution in [0.4, 0.5) is 8.78 Å². The molecule has 0 saturated carbocycles. The lowest BCUT2D eigenvalue weighted by molar-refractivity contribution is -0.123. The zero-order chi connectivity index (χ0) is 17.4. The number of rotatable bonds is 9. The van der Waals surface area contributed by atoms with Gasteiger partial charge in [-0.05, 0) is 24.5 Å². The minimum absolute atomic E-state index is 0. The molecule has 0 unspecified atom stereocenters. The molecule has 0 aromatic heterocycles. The van der Waals surface area contributed by atoms with Crippen molar-refractivity contribution in [3.8, 4) is 11.5 Å². The van der Waals surface area contributed by atoms with Crippen LogP contribution in [-0.4, -0.2) is 25.2 Å². The molecular formula is C16H25ClF2N2O3. The highest BCUT2D eigenvalue weighted by Gasteiger charge is 2.18. The maximum absolute atomic E-state index is 12.5. The Balaban J connectivity index is 0.00000529. The molecule has 24 heavy (non-hydrogen) atoms. The molecule has 0 heterocycles. The average Bonchev–Trinajstić information content (AvgIpc) is 2.50. The van der Waals surface area contributed by atoms with Gasteiger partial charge in [-0.25, -0.2) is 0 Å². The number of carbonyl (C=O) groups excluding carboxylic acids is 1. The van der Waals surface area contributed by atoms with Crippen molar-refractivity contribution in [2.24, 2.45) is 11.7 Å². The van der Waals surface area contributed by atoms with Gasteiger partial charge in [-0.3, -0.25) is 4.79 Å². The summed E-state index contributed by atoms with van der Waals surface area (Å²) in [5, 5.41) is 2.63. The van der Waals surface area contributed by atoms with Crippen LogP contribution in [0.1, 0.15) is 32.8 Å². The van der Waals surface area contributed by atoms with Gasteiger partial charge in [0.05, 0.1) is 12.6 Å². The molecule has 0 saturated heterocycles. The summed E-state index contributed by atoms with van der Waals surface area (Å²) in [5.74, 6) is 0.0643. The summed E-state index contributed by atoms with van der Waals surface area (Å²) in [6.07, 6.45) is 0.802. The van der Waals surface area contributed by atoms with E-state index in [2.05, 4.69) is 10.1 Å². The third kappa shape index (κ3) is 7.31. The van der Waals surface area contributed by atoms with Crippen LogP contribution in [0.2, 0.25) is 0 Å². The molecule has 1 rings (SSSR count). The summed E-state index contributed by atoms with van der Waals surface area (Å²) >= 11 is 0. The van der Waals surface area contributed by atoms with Crippen molar-refractivity contribution >= 4 is 18.3 Å². The first-order valence-electron chi connectivity index (χ1n) is 7.59. The van der Waals surface area contributed by atoms with Gasteiger partial charge in [-0.2, -0.15) is 8.78 Å². The average molecular weight is 367 g/mol. The first-order chi connectivity index (χ1) is 10.8. The Kier molecular flexibility index (Phi) is 10.3. The number of halogens is 3. The van der Waals surface area contributed by atoms with E-state index in [1.807, 2.05) is 20.8 Å². The normalized spacial score (nSPS) is 11.8. The second-order valence-corrected chi connectivity index (χ2v) is 5.48. The number of benzene rings is 1. The number of hydrogen-bond donors (Lipinski definition) is 2. The fourth-order valence-corrected chi connectivity index (χ4v) is 1.80. The maximum atomic E-state index is 12.5. The molecule has 1 aromatic rings. The number of alkyl halides is 2. The minimum Gasteiger partial charge on any atom is -0.493 e. The van der Waals surface area contributed by atoms with E-state index < -0.39 is 12.7 Å². The van der Waals surface area contributed by atoms with Crippen molar-refractivity contribution < 1.29 is 23.0 Å². The van der Waals surface area contributed by atoms with Crippen LogP contribution >= 0.6 is 12.4 Å². The summed E-state index contributed by atoms with van der Waals surface area (Å²) < 4.78 is 35.0. The van der Waals surface area contributed by atoms with Gasteiger partial charge < -0.3 is 20.5 Å². The molecule has 1 aromatic carbocycles. The summed E-state index contributed by atoms with van der Waals surface area (Å²) in [7, 11) is 0. The molecule has 0 bridgehead atoms. The van der Waals surface area contributed by atoms with Gasteiger partial charge in [0.2, 0.25) is 5.91 Å². The second-order valence-electron chi connectivity index (χ2n) is 5.48. The Hall–Kier alpha value is -1.60. The van der Waals surface area contributed by atoms with Gasteiger partial charge in [0.1, 0.15) is 11.5 Å². The Morgan fingerprint density at radius 1 is 1.33 bits per heavy atom. The highest BCUT2D eigenvalue weighted by molar-refractivity contribution is 5.85. The lowest BCUT2D eigenvalue weighted by Gasteiger charge is -2.17. The molecule has 0 aliphatic carbocycles. The third-order valence-electron chi connectivity index (χ3n) is 3.20. The van der Waals surface area contributed by atoms with E-state index in [9.17, 15) is 13.6 Å². The summed E-state index contributed by atoms with van der Waals surface area (Å²) in [4.78, 5) is 11.8. The van der Waals surface area contributed by atoms with E-state index in [1.54, 1.807) is 12.1 Å². The van der Waals surface area contributed by atoms with Crippen LogP contribution in [0.25, 0.3) is 0 Å². The Morgan fingerprint density at radius 3 is 2.54 bits per heavy atom. The topological polar surface area (TPSA) is 73.6 Å². The highest BCUT2D eigenvalue weighted by Crippen LogP contribution is 2.26. The standard InChI is InChI=1S/C16H24F2N2O3.ClH/c1-4-7-22-12-6-5-11(13(8-12)23-16(17)18)9-20-15(21)14(19)10(2)3;/h5-6,8,10,14,16H,4,7,9,19H2,1-3H3,(H,20,21);1H/t14-;/m0./s1. The fraction of sp³-hybridized carbons (Fsp3) is 0.562. The maximum Gasteiger partial charge on any atom is 0.387 e. The summed E-state index contributed by atoms with van der Waals surface area (Å²) in [6, 6.07) is 3.98. The molecule has 0 aliphatic rings. The number of ether oxygens (including phenoxy) is 2. The zero-order valence-electron chi connectivity index (χ0n) is 14.1. The quantitative estimate of drug-likeness (QED) is 0.704. The molecular weight excluding hydrogens is 342 g/mol. The number of nitrogens with two attached hydrogens (primary N) is 1. The molecule has 1 atom stereocenters. The molecule has 0 spiro atoms. The SMILES string of the molecule is CCCOc1ccc(CNC(=O)[C@@H](N)C(C)C)c(OC(F)F)c1.Cl. The largest absolute Gasteiger partial charge is 0.493 e. The molecule has 1 amide bonds. The monoisotopic (exact) mass is 366 g/mol. The zero-order valence-corrected chi connectivity index (χ0v) is 14.9. The van der Waals surface area contributed by atoms with Crippen molar-refractivity contribution in [2.45, 2.75) is 46.4 Å². The smallest absolute Gasteiger partial charge is 0.387 e. The molecule has 138 valence electrons. The molecule has 5 nitrogen and oxygen atoms in total. The lowest BCUT2D eigenvalue weighted by Crippen LogP contribution is -2.43. The Bertz CT molecular complexity index is 516. The molecule has 0 aliphatic heterocycles. The Morgan fingerprint density at radius 2 is 2.00 bits per heavy atom. The van der Waals surface area contributed by atoms with Crippen LogP contribution in [-0.2, 0) is 11.3 Å². The Labute approximate surface area is 147 Å². The van der Waals surface area contributed by atoms with Crippen LogP contribution < -0.4 is 20.5 Å². The van der Waals surface area contributed by atoms with E-state index in [1.165, 1.54) is 6.07 Å². The van der Waals surface area contributed by atoms with Gasteiger partial charge >= 0.3 is 6.61 Å². The van der Waals surface area contributed by atoms with Gasteiger partial charge in [0, 0.05) is 18.2 Å². The van der Waals surface area contributed by atoms with Crippen LogP contribution in [0, 0.1) is 5.92 Å². The van der Waals surface area contributed by atoms with Gasteiger partial charge in [0.25, 0.3) is 0 Å².